The highest BCUT2D eigenvalue weighted by Gasteiger charge is 2.22. The molecule has 1 amide bonds. The molecule has 2 aromatic carbocycles. The van der Waals surface area contributed by atoms with Crippen molar-refractivity contribution < 1.29 is 14.7 Å². The molecular formula is C24H21N3O4S. The van der Waals surface area contributed by atoms with E-state index in [2.05, 4.69) is 10.3 Å². The summed E-state index contributed by atoms with van der Waals surface area (Å²) in [6.45, 7) is 3.50. The normalized spacial score (nSPS) is 11.9. The van der Waals surface area contributed by atoms with Gasteiger partial charge in [-0.2, -0.15) is 0 Å². The van der Waals surface area contributed by atoms with Gasteiger partial charge in [0.05, 0.1) is 17.0 Å². The Hall–Kier alpha value is -3.78. The minimum absolute atomic E-state index is 0.0165. The molecule has 1 atom stereocenters. The Morgan fingerprint density at radius 3 is 2.59 bits per heavy atom. The number of hydrogen-bond acceptors (Lipinski definition) is 5. The van der Waals surface area contributed by atoms with Crippen LogP contribution in [0.25, 0.3) is 21.6 Å². The van der Waals surface area contributed by atoms with Gasteiger partial charge in [-0.3, -0.25) is 14.2 Å². The zero-order chi connectivity index (χ0) is 22.8. The highest BCUT2D eigenvalue weighted by molar-refractivity contribution is 7.17. The van der Waals surface area contributed by atoms with Gasteiger partial charge in [-0.15, -0.1) is 11.3 Å². The second-order valence-corrected chi connectivity index (χ2v) is 8.39. The maximum Gasteiger partial charge on any atom is 0.337 e. The maximum atomic E-state index is 13.4. The molecule has 4 rings (SSSR count). The van der Waals surface area contributed by atoms with Crippen molar-refractivity contribution in [3.63, 3.8) is 0 Å². The van der Waals surface area contributed by atoms with Crippen molar-refractivity contribution in [3.05, 3.63) is 87.0 Å². The van der Waals surface area contributed by atoms with Gasteiger partial charge in [0.25, 0.3) is 5.56 Å². The SMILES string of the molecule is Cc1cccc(-c2nc3scc(C(=O)O)c3c(=O)n2CC(=O)NC(C)c2ccccc2)c1. The molecule has 2 N–H and O–H groups in total. The molecule has 162 valence electrons. The van der Waals surface area contributed by atoms with Crippen molar-refractivity contribution in [3.8, 4) is 11.4 Å². The first kappa shape index (κ1) is 21.5. The molecule has 1 unspecified atom stereocenters. The monoisotopic (exact) mass is 447 g/mol. The third-order valence-corrected chi connectivity index (χ3v) is 6.05. The van der Waals surface area contributed by atoms with Gasteiger partial charge in [0.15, 0.2) is 0 Å². The summed E-state index contributed by atoms with van der Waals surface area (Å²) < 4.78 is 1.25. The van der Waals surface area contributed by atoms with Crippen LogP contribution in [0.1, 0.15) is 34.5 Å². The number of aromatic nitrogens is 2. The number of benzene rings is 2. The Kier molecular flexibility index (Phi) is 5.87. The lowest BCUT2D eigenvalue weighted by atomic mass is 10.1. The smallest absolute Gasteiger partial charge is 0.337 e. The molecule has 0 saturated heterocycles. The number of nitrogens with one attached hydrogen (secondary N) is 1. The van der Waals surface area contributed by atoms with Crippen molar-refractivity contribution in [1.82, 2.24) is 14.9 Å². The van der Waals surface area contributed by atoms with Crippen LogP contribution in [0.2, 0.25) is 0 Å². The summed E-state index contributed by atoms with van der Waals surface area (Å²) in [6.07, 6.45) is 0. The van der Waals surface area contributed by atoms with Crippen molar-refractivity contribution in [1.29, 1.82) is 0 Å². The summed E-state index contributed by atoms with van der Waals surface area (Å²) in [5.74, 6) is -1.25. The van der Waals surface area contributed by atoms with Crippen LogP contribution in [0.15, 0.2) is 64.8 Å². The van der Waals surface area contributed by atoms with Crippen LogP contribution in [-0.2, 0) is 11.3 Å². The third kappa shape index (κ3) is 4.17. The van der Waals surface area contributed by atoms with Gasteiger partial charge in [-0.25, -0.2) is 9.78 Å². The number of nitrogens with zero attached hydrogens (tertiary/aromatic N) is 2. The van der Waals surface area contributed by atoms with Gasteiger partial charge in [-0.1, -0.05) is 54.1 Å². The molecule has 0 radical (unpaired) electrons. The number of carboxylic acids is 1. The van der Waals surface area contributed by atoms with E-state index >= 15 is 0 Å². The lowest BCUT2D eigenvalue weighted by Gasteiger charge is -2.17. The number of aryl methyl sites for hydroxylation is 1. The van der Waals surface area contributed by atoms with E-state index in [1.54, 1.807) is 0 Å². The predicted octanol–water partition coefficient (Wildman–Crippen LogP) is 4.01. The van der Waals surface area contributed by atoms with Crippen LogP contribution in [-0.4, -0.2) is 26.5 Å². The first-order valence-corrected chi connectivity index (χ1v) is 10.9. The molecule has 0 bridgehead atoms. The fourth-order valence-corrected chi connectivity index (χ4v) is 4.49. The van der Waals surface area contributed by atoms with E-state index in [0.717, 1.165) is 22.5 Å². The van der Waals surface area contributed by atoms with Gasteiger partial charge in [0.2, 0.25) is 5.91 Å². The van der Waals surface area contributed by atoms with Crippen LogP contribution in [0, 0.1) is 6.92 Å². The standard InChI is InChI=1S/C24H21N3O4S/c1-14-7-6-10-17(11-14)21-26-22-20(18(13-32-22)24(30)31)23(29)27(21)12-19(28)25-15(2)16-8-4-3-5-9-16/h3-11,13,15H,12H2,1-2H3,(H,25,28)(H,30,31). The minimum Gasteiger partial charge on any atom is -0.478 e. The van der Waals surface area contributed by atoms with Crippen LogP contribution in [0.3, 0.4) is 0 Å². The molecule has 32 heavy (non-hydrogen) atoms. The predicted molar refractivity (Wildman–Crippen MR) is 124 cm³/mol. The Labute approximate surface area is 188 Å². The summed E-state index contributed by atoms with van der Waals surface area (Å²) >= 11 is 1.10. The van der Waals surface area contributed by atoms with Gasteiger partial charge >= 0.3 is 5.97 Å². The average molecular weight is 448 g/mol. The lowest BCUT2D eigenvalue weighted by Crippen LogP contribution is -2.35. The molecule has 0 aliphatic carbocycles. The Balaban J connectivity index is 1.79. The fourth-order valence-electron chi connectivity index (χ4n) is 3.59. The van der Waals surface area contributed by atoms with E-state index in [4.69, 9.17) is 0 Å². The summed E-state index contributed by atoms with van der Waals surface area (Å²) in [4.78, 5) is 42.8. The van der Waals surface area contributed by atoms with Crippen LogP contribution < -0.4 is 10.9 Å². The summed E-state index contributed by atoms with van der Waals surface area (Å²) in [5, 5.41) is 13.8. The molecular weight excluding hydrogens is 426 g/mol. The number of thiophene rings is 1. The molecule has 2 aromatic heterocycles. The average Bonchev–Trinajstić information content (AvgIpc) is 3.21. The van der Waals surface area contributed by atoms with Crippen LogP contribution in [0.4, 0.5) is 0 Å². The van der Waals surface area contributed by atoms with E-state index < -0.39 is 11.5 Å². The molecule has 2 heterocycles. The number of amides is 1. The number of hydrogen-bond donors (Lipinski definition) is 2. The highest BCUT2D eigenvalue weighted by Crippen LogP contribution is 2.26. The van der Waals surface area contributed by atoms with Crippen molar-refractivity contribution in [2.75, 3.05) is 0 Å². The molecule has 7 nitrogen and oxygen atoms in total. The zero-order valence-electron chi connectivity index (χ0n) is 17.5. The van der Waals surface area contributed by atoms with E-state index in [9.17, 15) is 19.5 Å². The lowest BCUT2D eigenvalue weighted by molar-refractivity contribution is -0.122. The van der Waals surface area contributed by atoms with Gasteiger partial charge in [0, 0.05) is 10.9 Å². The van der Waals surface area contributed by atoms with Crippen LogP contribution >= 0.6 is 11.3 Å². The minimum atomic E-state index is -1.20. The first-order chi connectivity index (χ1) is 15.3. The van der Waals surface area contributed by atoms with Crippen molar-refractivity contribution in [2.24, 2.45) is 0 Å². The second-order valence-electron chi connectivity index (χ2n) is 7.53. The zero-order valence-corrected chi connectivity index (χ0v) is 18.3. The molecule has 0 saturated carbocycles. The van der Waals surface area contributed by atoms with Crippen molar-refractivity contribution >= 4 is 33.4 Å². The van der Waals surface area contributed by atoms with Gasteiger partial charge < -0.3 is 10.4 Å². The summed E-state index contributed by atoms with van der Waals surface area (Å²) in [7, 11) is 0. The van der Waals surface area contributed by atoms with E-state index in [-0.39, 0.29) is 29.4 Å². The van der Waals surface area contributed by atoms with E-state index in [0.29, 0.717) is 16.2 Å². The quantitative estimate of drug-likeness (QED) is 0.465. The maximum absolute atomic E-state index is 13.4. The number of fused-ring (bicyclic) bond motifs is 1. The summed E-state index contributed by atoms with van der Waals surface area (Å²) in [5.41, 5.74) is 1.94. The number of carboxylic acid groups (broad SMARTS) is 1. The van der Waals surface area contributed by atoms with Crippen molar-refractivity contribution in [2.45, 2.75) is 26.4 Å². The molecule has 0 aliphatic heterocycles. The topological polar surface area (TPSA) is 101 Å². The molecule has 0 aliphatic rings. The first-order valence-electron chi connectivity index (χ1n) is 10.0. The third-order valence-electron chi connectivity index (χ3n) is 5.18. The number of carbonyl (C=O) groups is 2. The molecule has 4 aromatic rings. The second kappa shape index (κ2) is 8.76. The highest BCUT2D eigenvalue weighted by atomic mass is 32.1. The van der Waals surface area contributed by atoms with Crippen LogP contribution in [0.5, 0.6) is 0 Å². The number of aromatic carboxylic acids is 1. The Bertz CT molecular complexity index is 1380. The largest absolute Gasteiger partial charge is 0.478 e. The number of carbonyl (C=O) groups excluding carboxylic acids is 1. The van der Waals surface area contributed by atoms with E-state index in [1.807, 2.05) is 68.4 Å². The number of rotatable bonds is 6. The molecule has 0 spiro atoms. The van der Waals surface area contributed by atoms with E-state index in [1.165, 1.54) is 9.95 Å². The summed E-state index contributed by atoms with van der Waals surface area (Å²) in [6, 6.07) is 16.7. The Morgan fingerprint density at radius 1 is 1.16 bits per heavy atom. The van der Waals surface area contributed by atoms with Gasteiger partial charge in [0.1, 0.15) is 17.2 Å². The molecule has 0 fully saturated rings. The Morgan fingerprint density at radius 2 is 1.91 bits per heavy atom. The van der Waals surface area contributed by atoms with Gasteiger partial charge in [-0.05, 0) is 25.5 Å². The molecule has 8 heteroatoms. The fraction of sp³-hybridized carbons (Fsp3) is 0.167.